The molecule has 0 aliphatic carbocycles. The standard InChI is InChI=1S/C13H11IN2O2/c14-9-4-6-10(7-5-9)15-8-11-2-1-3-12(16-11)13(17)18/h1-7,15H,8H2,(H,17,18). The highest BCUT2D eigenvalue weighted by molar-refractivity contribution is 14.1. The number of rotatable bonds is 4. The minimum Gasteiger partial charge on any atom is -0.477 e. The van der Waals surface area contributed by atoms with Crippen LogP contribution in [0.25, 0.3) is 0 Å². The molecule has 0 unspecified atom stereocenters. The molecule has 1 aromatic carbocycles. The zero-order valence-corrected chi connectivity index (χ0v) is 11.6. The molecule has 0 atom stereocenters. The fraction of sp³-hybridized carbons (Fsp3) is 0.0769. The summed E-state index contributed by atoms with van der Waals surface area (Å²) in [5, 5.41) is 12.0. The van der Waals surface area contributed by atoms with E-state index in [0.29, 0.717) is 12.2 Å². The first kappa shape index (κ1) is 12.8. The predicted octanol–water partition coefficient (Wildman–Crippen LogP) is 3.00. The van der Waals surface area contributed by atoms with Crippen LogP contribution < -0.4 is 5.32 Å². The van der Waals surface area contributed by atoms with E-state index in [1.165, 1.54) is 9.64 Å². The zero-order valence-electron chi connectivity index (χ0n) is 9.43. The number of benzene rings is 1. The molecule has 1 aromatic heterocycles. The summed E-state index contributed by atoms with van der Waals surface area (Å²) in [4.78, 5) is 14.8. The highest BCUT2D eigenvalue weighted by Crippen LogP contribution is 2.12. The number of nitrogens with one attached hydrogen (secondary N) is 1. The molecule has 0 amide bonds. The Hall–Kier alpha value is -1.63. The van der Waals surface area contributed by atoms with Gasteiger partial charge in [0.1, 0.15) is 5.69 Å². The topological polar surface area (TPSA) is 62.2 Å². The number of aromatic nitrogens is 1. The SMILES string of the molecule is O=C(O)c1cccc(CNc2ccc(I)cc2)n1. The number of aromatic carboxylic acids is 1. The number of pyridine rings is 1. The van der Waals surface area contributed by atoms with E-state index >= 15 is 0 Å². The van der Waals surface area contributed by atoms with Gasteiger partial charge in [-0.3, -0.25) is 0 Å². The molecule has 2 aromatic rings. The van der Waals surface area contributed by atoms with Crippen molar-refractivity contribution in [3.63, 3.8) is 0 Å². The number of halogens is 1. The van der Waals surface area contributed by atoms with Crippen LogP contribution in [0.5, 0.6) is 0 Å². The first-order chi connectivity index (χ1) is 8.65. The quantitative estimate of drug-likeness (QED) is 0.829. The number of carboxylic acids is 1. The maximum absolute atomic E-state index is 10.8. The maximum Gasteiger partial charge on any atom is 0.354 e. The molecule has 0 aliphatic heterocycles. The molecule has 0 spiro atoms. The van der Waals surface area contributed by atoms with Gasteiger partial charge in [-0.05, 0) is 59.0 Å². The van der Waals surface area contributed by atoms with E-state index in [-0.39, 0.29) is 5.69 Å². The highest BCUT2D eigenvalue weighted by Gasteiger charge is 2.04. The third-order valence-corrected chi connectivity index (χ3v) is 3.06. The second-order valence-electron chi connectivity index (χ2n) is 3.68. The Morgan fingerprint density at radius 3 is 2.61 bits per heavy atom. The van der Waals surface area contributed by atoms with E-state index in [2.05, 4.69) is 32.9 Å². The van der Waals surface area contributed by atoms with E-state index in [0.717, 1.165) is 5.69 Å². The van der Waals surface area contributed by atoms with E-state index in [1.54, 1.807) is 12.1 Å². The molecule has 0 aliphatic rings. The molecule has 0 saturated heterocycles. The smallest absolute Gasteiger partial charge is 0.354 e. The average Bonchev–Trinajstić information content (AvgIpc) is 2.38. The molecule has 92 valence electrons. The van der Waals surface area contributed by atoms with Crippen molar-refractivity contribution in [2.24, 2.45) is 0 Å². The van der Waals surface area contributed by atoms with Crippen LogP contribution in [-0.2, 0) is 6.54 Å². The average molecular weight is 354 g/mol. The van der Waals surface area contributed by atoms with Crippen LogP contribution in [0.2, 0.25) is 0 Å². The van der Waals surface area contributed by atoms with Crippen molar-refractivity contribution in [1.82, 2.24) is 4.98 Å². The Kier molecular flexibility index (Phi) is 4.14. The molecule has 2 N–H and O–H groups in total. The van der Waals surface area contributed by atoms with Gasteiger partial charge in [-0.2, -0.15) is 0 Å². The van der Waals surface area contributed by atoms with Crippen molar-refractivity contribution in [1.29, 1.82) is 0 Å². The Bertz CT molecular complexity index is 555. The van der Waals surface area contributed by atoms with Gasteiger partial charge in [0.15, 0.2) is 0 Å². The van der Waals surface area contributed by atoms with Crippen LogP contribution in [-0.4, -0.2) is 16.1 Å². The summed E-state index contributed by atoms with van der Waals surface area (Å²) in [6.45, 7) is 0.502. The zero-order chi connectivity index (χ0) is 13.0. The van der Waals surface area contributed by atoms with Gasteiger partial charge in [-0.15, -0.1) is 0 Å². The molecule has 0 fully saturated rings. The summed E-state index contributed by atoms with van der Waals surface area (Å²) in [6.07, 6.45) is 0. The van der Waals surface area contributed by atoms with Crippen molar-refractivity contribution < 1.29 is 9.90 Å². The second kappa shape index (κ2) is 5.81. The number of nitrogens with zero attached hydrogens (tertiary/aromatic N) is 1. The predicted molar refractivity (Wildman–Crippen MR) is 77.7 cm³/mol. The van der Waals surface area contributed by atoms with E-state index < -0.39 is 5.97 Å². The minimum atomic E-state index is -1.01. The summed E-state index contributed by atoms with van der Waals surface area (Å²) in [5.41, 5.74) is 1.75. The summed E-state index contributed by atoms with van der Waals surface area (Å²) in [7, 11) is 0. The Labute approximate surface area is 118 Å². The summed E-state index contributed by atoms with van der Waals surface area (Å²) >= 11 is 2.24. The molecular weight excluding hydrogens is 343 g/mol. The lowest BCUT2D eigenvalue weighted by molar-refractivity contribution is 0.0690. The van der Waals surface area contributed by atoms with Crippen LogP contribution in [0.4, 0.5) is 5.69 Å². The molecule has 1 heterocycles. The molecule has 0 radical (unpaired) electrons. The van der Waals surface area contributed by atoms with Crippen molar-refractivity contribution in [3.05, 3.63) is 57.4 Å². The first-order valence-corrected chi connectivity index (χ1v) is 6.42. The minimum absolute atomic E-state index is 0.0666. The first-order valence-electron chi connectivity index (χ1n) is 5.34. The number of hydrogen-bond acceptors (Lipinski definition) is 3. The molecule has 2 rings (SSSR count). The molecular formula is C13H11IN2O2. The molecule has 0 saturated carbocycles. The summed E-state index contributed by atoms with van der Waals surface area (Å²) in [5.74, 6) is -1.01. The number of carboxylic acid groups (broad SMARTS) is 1. The van der Waals surface area contributed by atoms with Crippen LogP contribution in [0.15, 0.2) is 42.5 Å². The van der Waals surface area contributed by atoms with Crippen LogP contribution in [0.3, 0.4) is 0 Å². The normalized spacial score (nSPS) is 10.1. The fourth-order valence-electron chi connectivity index (χ4n) is 1.46. The number of hydrogen-bond donors (Lipinski definition) is 2. The lowest BCUT2D eigenvalue weighted by atomic mass is 10.3. The Morgan fingerprint density at radius 1 is 1.22 bits per heavy atom. The van der Waals surface area contributed by atoms with Crippen molar-refractivity contribution >= 4 is 34.2 Å². The molecule has 4 nitrogen and oxygen atoms in total. The van der Waals surface area contributed by atoms with Crippen molar-refractivity contribution in [2.75, 3.05) is 5.32 Å². The fourth-order valence-corrected chi connectivity index (χ4v) is 1.82. The maximum atomic E-state index is 10.8. The third-order valence-electron chi connectivity index (χ3n) is 2.34. The Balaban J connectivity index is 2.04. The van der Waals surface area contributed by atoms with Crippen LogP contribution in [0.1, 0.15) is 16.2 Å². The van der Waals surface area contributed by atoms with Gasteiger partial charge in [0.2, 0.25) is 0 Å². The Morgan fingerprint density at radius 2 is 1.94 bits per heavy atom. The van der Waals surface area contributed by atoms with Crippen molar-refractivity contribution in [2.45, 2.75) is 6.54 Å². The summed E-state index contributed by atoms with van der Waals surface area (Å²) in [6, 6.07) is 12.9. The number of anilines is 1. The van der Waals surface area contributed by atoms with Gasteiger partial charge >= 0.3 is 5.97 Å². The highest BCUT2D eigenvalue weighted by atomic mass is 127. The van der Waals surface area contributed by atoms with Gasteiger partial charge < -0.3 is 10.4 Å². The largest absolute Gasteiger partial charge is 0.477 e. The lowest BCUT2D eigenvalue weighted by Crippen LogP contribution is -2.06. The lowest BCUT2D eigenvalue weighted by Gasteiger charge is -2.06. The van der Waals surface area contributed by atoms with Gasteiger partial charge in [0, 0.05) is 9.26 Å². The molecule has 18 heavy (non-hydrogen) atoms. The van der Waals surface area contributed by atoms with E-state index in [4.69, 9.17) is 5.11 Å². The van der Waals surface area contributed by atoms with Gasteiger partial charge in [-0.1, -0.05) is 6.07 Å². The monoisotopic (exact) mass is 354 g/mol. The van der Waals surface area contributed by atoms with Gasteiger partial charge in [0.05, 0.1) is 12.2 Å². The van der Waals surface area contributed by atoms with Crippen LogP contribution >= 0.6 is 22.6 Å². The molecule has 5 heteroatoms. The number of carbonyl (C=O) groups is 1. The third kappa shape index (κ3) is 3.43. The second-order valence-corrected chi connectivity index (χ2v) is 4.93. The van der Waals surface area contributed by atoms with E-state index in [1.807, 2.05) is 24.3 Å². The summed E-state index contributed by atoms with van der Waals surface area (Å²) < 4.78 is 1.17. The van der Waals surface area contributed by atoms with Gasteiger partial charge in [0.25, 0.3) is 0 Å². The van der Waals surface area contributed by atoms with Crippen LogP contribution in [0, 0.1) is 3.57 Å². The van der Waals surface area contributed by atoms with E-state index in [9.17, 15) is 4.79 Å². The van der Waals surface area contributed by atoms with Gasteiger partial charge in [-0.25, -0.2) is 9.78 Å². The molecule has 0 bridgehead atoms. The van der Waals surface area contributed by atoms with Crippen molar-refractivity contribution in [3.8, 4) is 0 Å².